The van der Waals surface area contributed by atoms with E-state index < -0.39 is 11.9 Å². The molecule has 1 fully saturated rings. The van der Waals surface area contributed by atoms with Gasteiger partial charge in [-0.25, -0.2) is 0 Å². The zero-order chi connectivity index (χ0) is 13.5. The molecule has 1 amide bonds. The van der Waals surface area contributed by atoms with Gasteiger partial charge in [-0.1, -0.05) is 32.6 Å². The fourth-order valence-corrected chi connectivity index (χ4v) is 2.71. The summed E-state index contributed by atoms with van der Waals surface area (Å²) in [5, 5.41) is 9.18. The van der Waals surface area contributed by atoms with E-state index in [0.29, 0.717) is 6.42 Å². The summed E-state index contributed by atoms with van der Waals surface area (Å²) < 4.78 is 0. The number of hydrogen-bond donors (Lipinski definition) is 1. The Bertz CT molecular complexity index is 291. The van der Waals surface area contributed by atoms with E-state index in [4.69, 9.17) is 0 Å². The van der Waals surface area contributed by atoms with Gasteiger partial charge in [-0.15, -0.1) is 0 Å². The lowest BCUT2D eigenvalue weighted by atomic mass is 9.78. The monoisotopic (exact) mass is 255 g/mol. The molecular weight excluding hydrogens is 230 g/mol. The highest BCUT2D eigenvalue weighted by Crippen LogP contribution is 2.31. The van der Waals surface area contributed by atoms with Crippen LogP contribution in [-0.2, 0) is 9.59 Å². The van der Waals surface area contributed by atoms with Crippen LogP contribution >= 0.6 is 0 Å². The van der Waals surface area contributed by atoms with E-state index in [-0.39, 0.29) is 11.8 Å². The molecule has 1 saturated carbocycles. The Balaban J connectivity index is 2.54. The van der Waals surface area contributed by atoms with Crippen LogP contribution in [0.1, 0.15) is 51.9 Å². The first-order valence-electron chi connectivity index (χ1n) is 7.05. The van der Waals surface area contributed by atoms with Gasteiger partial charge in [0.25, 0.3) is 0 Å². The van der Waals surface area contributed by atoms with E-state index in [1.807, 2.05) is 0 Å². The molecule has 0 heterocycles. The van der Waals surface area contributed by atoms with Crippen molar-refractivity contribution in [2.24, 2.45) is 11.8 Å². The molecule has 0 aromatic carbocycles. The predicted molar refractivity (Wildman–Crippen MR) is 70.2 cm³/mol. The second kappa shape index (κ2) is 7.39. The summed E-state index contributed by atoms with van der Waals surface area (Å²) in [6.45, 7) is 2.87. The summed E-state index contributed by atoms with van der Waals surface area (Å²) in [6.07, 6.45) is 6.53. The maximum Gasteiger partial charge on any atom is 0.307 e. The van der Waals surface area contributed by atoms with E-state index >= 15 is 0 Å². The topological polar surface area (TPSA) is 57.6 Å². The number of amides is 1. The smallest absolute Gasteiger partial charge is 0.307 e. The number of nitrogens with zero attached hydrogens (tertiary/aromatic N) is 1. The quantitative estimate of drug-likeness (QED) is 0.742. The van der Waals surface area contributed by atoms with E-state index in [1.165, 1.54) is 0 Å². The summed E-state index contributed by atoms with van der Waals surface area (Å²) in [5.74, 6) is -1.56. The Morgan fingerprint density at radius 1 is 1.17 bits per heavy atom. The van der Waals surface area contributed by atoms with Crippen LogP contribution < -0.4 is 0 Å². The normalized spacial score (nSPS) is 23.7. The van der Waals surface area contributed by atoms with E-state index in [9.17, 15) is 14.7 Å². The third kappa shape index (κ3) is 4.00. The molecule has 1 rings (SSSR count). The number of carboxylic acids is 1. The molecule has 2 unspecified atom stereocenters. The van der Waals surface area contributed by atoms with Crippen LogP contribution in [0, 0.1) is 11.8 Å². The zero-order valence-corrected chi connectivity index (χ0v) is 11.5. The summed E-state index contributed by atoms with van der Waals surface area (Å²) in [5.41, 5.74) is 0. The van der Waals surface area contributed by atoms with Crippen LogP contribution in [0.4, 0.5) is 0 Å². The summed E-state index contributed by atoms with van der Waals surface area (Å²) >= 11 is 0. The average Bonchev–Trinajstić information content (AvgIpc) is 2.38. The van der Waals surface area contributed by atoms with Crippen LogP contribution in [0.25, 0.3) is 0 Å². The Kier molecular flexibility index (Phi) is 6.16. The average molecular weight is 255 g/mol. The molecule has 1 N–H and O–H groups in total. The van der Waals surface area contributed by atoms with Crippen LogP contribution in [0.5, 0.6) is 0 Å². The number of carboxylic acid groups (broad SMARTS) is 1. The van der Waals surface area contributed by atoms with Crippen molar-refractivity contribution in [2.75, 3.05) is 13.6 Å². The molecule has 1 aliphatic carbocycles. The summed E-state index contributed by atoms with van der Waals surface area (Å²) in [6, 6.07) is 0. The first-order chi connectivity index (χ1) is 8.57. The van der Waals surface area contributed by atoms with Crippen molar-refractivity contribution in [3.63, 3.8) is 0 Å². The third-order valence-corrected chi connectivity index (χ3v) is 3.87. The van der Waals surface area contributed by atoms with Gasteiger partial charge in [0, 0.05) is 13.6 Å². The summed E-state index contributed by atoms with van der Waals surface area (Å²) in [4.78, 5) is 25.2. The lowest BCUT2D eigenvalue weighted by Crippen LogP contribution is -2.41. The molecule has 0 saturated heterocycles. The molecule has 0 aromatic rings. The number of hydrogen-bond acceptors (Lipinski definition) is 2. The van der Waals surface area contributed by atoms with E-state index in [0.717, 1.165) is 45.1 Å². The van der Waals surface area contributed by atoms with Crippen LogP contribution in [-0.4, -0.2) is 35.5 Å². The fraction of sp³-hybridized carbons (Fsp3) is 0.857. The predicted octanol–water partition coefficient (Wildman–Crippen LogP) is 2.53. The minimum atomic E-state index is -0.810. The lowest BCUT2D eigenvalue weighted by Gasteiger charge is -2.31. The molecule has 0 spiro atoms. The highest BCUT2D eigenvalue weighted by molar-refractivity contribution is 5.84. The minimum absolute atomic E-state index is 0.0261. The van der Waals surface area contributed by atoms with Crippen molar-refractivity contribution < 1.29 is 14.7 Å². The van der Waals surface area contributed by atoms with Crippen molar-refractivity contribution in [1.29, 1.82) is 0 Å². The Morgan fingerprint density at radius 3 is 2.33 bits per heavy atom. The standard InChI is InChI=1S/C14H25NO3/c1-3-4-7-10-15(2)13(16)11-8-5-6-9-12(11)14(17)18/h11-12H,3-10H2,1-2H3,(H,17,18). The van der Waals surface area contributed by atoms with E-state index in [1.54, 1.807) is 11.9 Å². The Morgan fingerprint density at radius 2 is 1.78 bits per heavy atom. The lowest BCUT2D eigenvalue weighted by molar-refractivity contribution is -0.151. The SMILES string of the molecule is CCCCCN(C)C(=O)C1CCCCC1C(=O)O. The second-order valence-corrected chi connectivity index (χ2v) is 5.30. The van der Waals surface area contributed by atoms with Gasteiger partial charge in [0.05, 0.1) is 11.8 Å². The van der Waals surface area contributed by atoms with Gasteiger partial charge in [0.1, 0.15) is 0 Å². The molecule has 0 aliphatic heterocycles. The molecule has 1 aliphatic rings. The molecule has 18 heavy (non-hydrogen) atoms. The van der Waals surface area contributed by atoms with Crippen molar-refractivity contribution in [3.05, 3.63) is 0 Å². The fourth-order valence-electron chi connectivity index (χ4n) is 2.71. The number of carbonyl (C=O) groups excluding carboxylic acids is 1. The minimum Gasteiger partial charge on any atom is -0.481 e. The van der Waals surface area contributed by atoms with Crippen LogP contribution in [0.2, 0.25) is 0 Å². The number of unbranched alkanes of at least 4 members (excludes halogenated alkanes) is 2. The van der Waals surface area contributed by atoms with Gasteiger partial charge >= 0.3 is 5.97 Å². The molecule has 0 radical (unpaired) electrons. The van der Waals surface area contributed by atoms with Crippen molar-refractivity contribution in [1.82, 2.24) is 4.90 Å². The van der Waals surface area contributed by atoms with Crippen LogP contribution in [0.3, 0.4) is 0 Å². The molecule has 4 heteroatoms. The highest BCUT2D eigenvalue weighted by atomic mass is 16.4. The number of carbonyl (C=O) groups is 2. The second-order valence-electron chi connectivity index (χ2n) is 5.30. The summed E-state index contributed by atoms with van der Waals surface area (Å²) in [7, 11) is 1.80. The maximum absolute atomic E-state index is 12.3. The van der Waals surface area contributed by atoms with Crippen LogP contribution in [0.15, 0.2) is 0 Å². The van der Waals surface area contributed by atoms with Crippen molar-refractivity contribution >= 4 is 11.9 Å². The van der Waals surface area contributed by atoms with Crippen molar-refractivity contribution in [2.45, 2.75) is 51.9 Å². The number of aliphatic carboxylic acids is 1. The molecular formula is C14H25NO3. The first kappa shape index (κ1) is 15.0. The van der Waals surface area contributed by atoms with Gasteiger partial charge in [0.2, 0.25) is 5.91 Å². The van der Waals surface area contributed by atoms with E-state index in [2.05, 4.69) is 6.92 Å². The number of rotatable bonds is 6. The van der Waals surface area contributed by atoms with Crippen molar-refractivity contribution in [3.8, 4) is 0 Å². The molecule has 4 nitrogen and oxygen atoms in total. The van der Waals surface area contributed by atoms with Gasteiger partial charge < -0.3 is 10.0 Å². The van der Waals surface area contributed by atoms with Gasteiger partial charge in [-0.2, -0.15) is 0 Å². The largest absolute Gasteiger partial charge is 0.481 e. The first-order valence-corrected chi connectivity index (χ1v) is 7.05. The maximum atomic E-state index is 12.3. The Labute approximate surface area is 109 Å². The zero-order valence-electron chi connectivity index (χ0n) is 11.5. The molecule has 104 valence electrons. The Hall–Kier alpha value is -1.06. The molecule has 0 aromatic heterocycles. The molecule has 0 bridgehead atoms. The van der Waals surface area contributed by atoms with Gasteiger partial charge in [-0.05, 0) is 19.3 Å². The van der Waals surface area contributed by atoms with Gasteiger partial charge in [0.15, 0.2) is 0 Å². The van der Waals surface area contributed by atoms with Gasteiger partial charge in [-0.3, -0.25) is 9.59 Å². The highest BCUT2D eigenvalue weighted by Gasteiger charge is 2.36. The third-order valence-electron chi connectivity index (χ3n) is 3.87. The molecule has 2 atom stereocenters.